The Labute approximate surface area is 301 Å². The molecule has 0 aromatic heterocycles. The van der Waals surface area contributed by atoms with Crippen LogP contribution in [0.25, 0.3) is 0 Å². The van der Waals surface area contributed by atoms with Gasteiger partial charge in [-0.1, -0.05) is 198 Å². The normalized spacial score (nSPS) is 11.9. The fraction of sp³-hybridized carbons (Fsp3) is 0.689. The molecular formula is C45H78ClN. The highest BCUT2D eigenvalue weighted by molar-refractivity contribution is 5.85. The van der Waals surface area contributed by atoms with E-state index in [1.165, 1.54) is 184 Å². The summed E-state index contributed by atoms with van der Waals surface area (Å²) in [5.41, 5.74) is 4.17. The van der Waals surface area contributed by atoms with E-state index in [-0.39, 0.29) is 12.4 Å². The van der Waals surface area contributed by atoms with Crippen LogP contribution in [0.15, 0.2) is 67.1 Å². The number of hydrogen-bond acceptors (Lipinski definition) is 1. The van der Waals surface area contributed by atoms with Gasteiger partial charge in [0.25, 0.3) is 0 Å². The number of allylic oxidation sites excluding steroid dienone is 6. The molecule has 0 spiro atoms. The van der Waals surface area contributed by atoms with Crippen LogP contribution in [-0.4, -0.2) is 4.90 Å². The number of aryl methyl sites for hydroxylation is 1. The number of halogens is 1. The van der Waals surface area contributed by atoms with E-state index in [1.54, 1.807) is 0 Å². The van der Waals surface area contributed by atoms with Gasteiger partial charge in [-0.2, -0.15) is 0 Å². The van der Waals surface area contributed by atoms with Gasteiger partial charge in [-0.25, -0.2) is 0 Å². The molecular weight excluding hydrogens is 590 g/mol. The third kappa shape index (κ3) is 29.0. The number of unbranched alkanes of at least 4 members (excludes halogenated alkanes) is 24. The second kappa shape index (κ2) is 35.6. The number of hydrogen-bond donors (Lipinski definition) is 0. The highest BCUT2D eigenvalue weighted by Gasteiger charge is 2.03. The molecule has 0 amide bonds. The van der Waals surface area contributed by atoms with Crippen molar-refractivity contribution in [2.45, 2.75) is 201 Å². The van der Waals surface area contributed by atoms with E-state index < -0.39 is 0 Å². The summed E-state index contributed by atoms with van der Waals surface area (Å²) in [7, 11) is 0. The zero-order valence-electron chi connectivity index (χ0n) is 31.8. The van der Waals surface area contributed by atoms with Crippen LogP contribution in [0.4, 0.5) is 0 Å². The third-order valence-corrected chi connectivity index (χ3v) is 9.57. The molecule has 0 bridgehead atoms. The topological polar surface area (TPSA) is 3.24 Å². The first-order valence-corrected chi connectivity index (χ1v) is 20.2. The molecule has 1 aromatic carbocycles. The molecule has 0 aliphatic rings. The molecule has 0 saturated carbocycles. The maximum atomic E-state index is 2.35. The molecule has 0 fully saturated rings. The quantitative estimate of drug-likeness (QED) is 0.0546. The van der Waals surface area contributed by atoms with Crippen LogP contribution in [0, 0.1) is 13.8 Å². The first-order chi connectivity index (χ1) is 22.7. The summed E-state index contributed by atoms with van der Waals surface area (Å²) in [6.07, 6.45) is 54.4. The Morgan fingerprint density at radius 1 is 0.468 bits per heavy atom. The second-order valence-electron chi connectivity index (χ2n) is 13.9. The van der Waals surface area contributed by atoms with Crippen molar-refractivity contribution in [2.75, 3.05) is 0 Å². The molecule has 0 aliphatic heterocycles. The van der Waals surface area contributed by atoms with E-state index >= 15 is 0 Å². The molecule has 47 heavy (non-hydrogen) atoms. The van der Waals surface area contributed by atoms with Gasteiger partial charge in [-0.3, -0.25) is 0 Å². The van der Waals surface area contributed by atoms with Crippen LogP contribution in [0.3, 0.4) is 0 Å². The SMILES string of the molecule is CCCCCCCCCCCCCC/C=C/C=C/N(/C=C/C=C/CCCCCCCCCCCCCC)Cc1cccc(C)c1C.Cl. The van der Waals surface area contributed by atoms with E-state index in [1.807, 2.05) is 0 Å². The first-order valence-electron chi connectivity index (χ1n) is 20.2. The highest BCUT2D eigenvalue weighted by atomic mass is 35.5. The summed E-state index contributed by atoms with van der Waals surface area (Å²) in [5.74, 6) is 0. The Morgan fingerprint density at radius 3 is 1.21 bits per heavy atom. The molecule has 1 aromatic rings. The Hall–Kier alpha value is -1.73. The summed E-state index contributed by atoms with van der Waals surface area (Å²) >= 11 is 0. The van der Waals surface area contributed by atoms with E-state index in [0.29, 0.717) is 0 Å². The molecule has 0 saturated heterocycles. The largest absolute Gasteiger partial charge is 0.350 e. The van der Waals surface area contributed by atoms with Crippen LogP contribution in [0.1, 0.15) is 197 Å². The van der Waals surface area contributed by atoms with Gasteiger partial charge in [0.05, 0.1) is 0 Å². The highest BCUT2D eigenvalue weighted by Crippen LogP contribution is 2.17. The monoisotopic (exact) mass is 668 g/mol. The van der Waals surface area contributed by atoms with Gasteiger partial charge in [0.1, 0.15) is 0 Å². The minimum Gasteiger partial charge on any atom is -0.350 e. The summed E-state index contributed by atoms with van der Waals surface area (Å²) in [6.45, 7) is 9.96. The molecule has 1 rings (SSSR count). The lowest BCUT2D eigenvalue weighted by molar-refractivity contribution is 0.499. The van der Waals surface area contributed by atoms with E-state index in [0.717, 1.165) is 6.54 Å². The fourth-order valence-corrected chi connectivity index (χ4v) is 6.21. The first kappa shape index (κ1) is 45.3. The molecule has 0 atom stereocenters. The van der Waals surface area contributed by atoms with E-state index in [2.05, 4.69) is 99.6 Å². The van der Waals surface area contributed by atoms with Crippen LogP contribution in [0.5, 0.6) is 0 Å². The standard InChI is InChI=1S/C45H77N.ClH/c1-5-7-9-11-13-15-17-19-21-23-25-27-29-31-33-35-40-46(42-45-39-37-38-43(3)44(45)4)41-36-34-32-30-28-26-24-22-20-18-16-14-12-10-8-6-2;/h31-41H,5-30,42H2,1-4H3;1H/b33-31+,34-32+,40-35+,41-36+;. The molecule has 0 unspecified atom stereocenters. The second-order valence-corrected chi connectivity index (χ2v) is 13.9. The van der Waals surface area contributed by atoms with Crippen LogP contribution in [-0.2, 0) is 6.54 Å². The van der Waals surface area contributed by atoms with Crippen molar-refractivity contribution in [1.29, 1.82) is 0 Å². The number of benzene rings is 1. The van der Waals surface area contributed by atoms with Gasteiger partial charge in [-0.15, -0.1) is 12.4 Å². The lowest BCUT2D eigenvalue weighted by Crippen LogP contribution is -2.10. The minimum atomic E-state index is 0. The third-order valence-electron chi connectivity index (χ3n) is 9.57. The van der Waals surface area contributed by atoms with Crippen LogP contribution >= 0.6 is 12.4 Å². The van der Waals surface area contributed by atoms with Crippen molar-refractivity contribution >= 4 is 12.4 Å². The van der Waals surface area contributed by atoms with Gasteiger partial charge in [-0.05, 0) is 68.4 Å². The summed E-state index contributed by atoms with van der Waals surface area (Å²) in [5, 5.41) is 0. The van der Waals surface area contributed by atoms with Crippen molar-refractivity contribution in [3.05, 3.63) is 83.7 Å². The van der Waals surface area contributed by atoms with Crippen molar-refractivity contribution in [3.8, 4) is 0 Å². The molecule has 270 valence electrons. The van der Waals surface area contributed by atoms with Gasteiger partial charge in [0, 0.05) is 18.9 Å². The average molecular weight is 669 g/mol. The average Bonchev–Trinajstić information content (AvgIpc) is 3.06. The van der Waals surface area contributed by atoms with Crippen molar-refractivity contribution in [2.24, 2.45) is 0 Å². The summed E-state index contributed by atoms with van der Waals surface area (Å²) in [6, 6.07) is 6.67. The Bertz CT molecular complexity index is 863. The molecule has 0 heterocycles. The maximum Gasteiger partial charge on any atom is 0.0472 e. The molecule has 0 N–H and O–H groups in total. The van der Waals surface area contributed by atoms with Gasteiger partial charge in [0.2, 0.25) is 0 Å². The Kier molecular flexibility index (Phi) is 34.3. The zero-order valence-corrected chi connectivity index (χ0v) is 32.6. The fourth-order valence-electron chi connectivity index (χ4n) is 6.21. The predicted octanol–water partition coefficient (Wildman–Crippen LogP) is 15.8. The lowest BCUT2D eigenvalue weighted by Gasteiger charge is -2.18. The molecule has 2 heteroatoms. The van der Waals surface area contributed by atoms with Crippen molar-refractivity contribution in [3.63, 3.8) is 0 Å². The molecule has 1 nitrogen and oxygen atoms in total. The maximum absolute atomic E-state index is 2.35. The van der Waals surface area contributed by atoms with Crippen molar-refractivity contribution in [1.82, 2.24) is 4.90 Å². The predicted molar refractivity (Wildman–Crippen MR) is 217 cm³/mol. The molecule has 0 radical (unpaired) electrons. The van der Waals surface area contributed by atoms with Gasteiger partial charge < -0.3 is 4.90 Å². The zero-order chi connectivity index (χ0) is 33.2. The van der Waals surface area contributed by atoms with Crippen LogP contribution < -0.4 is 0 Å². The summed E-state index contributed by atoms with van der Waals surface area (Å²) < 4.78 is 0. The Balaban J connectivity index is 0.0000212. The van der Waals surface area contributed by atoms with E-state index in [9.17, 15) is 0 Å². The van der Waals surface area contributed by atoms with Crippen LogP contribution in [0.2, 0.25) is 0 Å². The number of nitrogens with zero attached hydrogens (tertiary/aromatic N) is 1. The molecule has 0 aliphatic carbocycles. The van der Waals surface area contributed by atoms with Gasteiger partial charge >= 0.3 is 0 Å². The van der Waals surface area contributed by atoms with Crippen molar-refractivity contribution < 1.29 is 0 Å². The summed E-state index contributed by atoms with van der Waals surface area (Å²) in [4.78, 5) is 2.32. The Morgan fingerprint density at radius 2 is 0.830 bits per heavy atom. The number of rotatable bonds is 32. The van der Waals surface area contributed by atoms with Gasteiger partial charge in [0.15, 0.2) is 0 Å². The van der Waals surface area contributed by atoms with E-state index in [4.69, 9.17) is 0 Å². The lowest BCUT2D eigenvalue weighted by atomic mass is 10.0. The smallest absolute Gasteiger partial charge is 0.0472 e. The minimum absolute atomic E-state index is 0.